The molecule has 0 bridgehead atoms. The first-order chi connectivity index (χ1) is 9.95. The van der Waals surface area contributed by atoms with Gasteiger partial charge in [-0.1, -0.05) is 18.0 Å². The van der Waals surface area contributed by atoms with E-state index in [-0.39, 0.29) is 16.8 Å². The number of carboxylic acids is 1. The highest BCUT2D eigenvalue weighted by molar-refractivity contribution is 6.30. The zero-order valence-electron chi connectivity index (χ0n) is 11.2. The van der Waals surface area contributed by atoms with E-state index in [9.17, 15) is 14.0 Å². The van der Waals surface area contributed by atoms with Crippen LogP contribution in [0.2, 0.25) is 5.02 Å². The summed E-state index contributed by atoms with van der Waals surface area (Å²) in [7, 11) is 0. The second-order valence-electron chi connectivity index (χ2n) is 5.12. The summed E-state index contributed by atoms with van der Waals surface area (Å²) in [5.41, 5.74) is 0.0301. The van der Waals surface area contributed by atoms with Crippen LogP contribution >= 0.6 is 11.6 Å². The van der Waals surface area contributed by atoms with E-state index in [1.807, 2.05) is 0 Å². The Hall–Kier alpha value is -1.82. The lowest BCUT2D eigenvalue weighted by Gasteiger charge is -2.27. The minimum Gasteiger partial charge on any atom is -0.481 e. The fraction of sp³-hybridized carbons (Fsp3) is 0.429. The van der Waals surface area contributed by atoms with E-state index in [0.29, 0.717) is 12.8 Å². The van der Waals surface area contributed by atoms with Crippen LogP contribution in [0.15, 0.2) is 18.2 Å². The molecule has 1 aromatic carbocycles. The normalized spacial score (nSPS) is 21.6. The van der Waals surface area contributed by atoms with E-state index in [0.717, 1.165) is 18.9 Å². The van der Waals surface area contributed by atoms with Crippen molar-refractivity contribution in [3.8, 4) is 0 Å². The van der Waals surface area contributed by atoms with Crippen molar-refractivity contribution in [2.45, 2.75) is 31.7 Å². The molecule has 0 aromatic heterocycles. The summed E-state index contributed by atoms with van der Waals surface area (Å²) >= 11 is 5.63. The topological polar surface area (TPSA) is 78.4 Å². The minimum atomic E-state index is -0.842. The summed E-state index contributed by atoms with van der Waals surface area (Å²) in [4.78, 5) is 22.8. The highest BCUT2D eigenvalue weighted by Gasteiger charge is 2.27. The first kappa shape index (κ1) is 15.6. The van der Waals surface area contributed by atoms with E-state index in [2.05, 4.69) is 10.6 Å². The van der Waals surface area contributed by atoms with E-state index >= 15 is 0 Å². The summed E-state index contributed by atoms with van der Waals surface area (Å²) in [6.45, 7) is 0. The Morgan fingerprint density at radius 2 is 2.10 bits per heavy atom. The molecule has 1 fully saturated rings. The minimum absolute atomic E-state index is 0.0301. The lowest BCUT2D eigenvalue weighted by Crippen LogP contribution is -2.42. The number of anilines is 1. The second-order valence-corrected chi connectivity index (χ2v) is 5.56. The Labute approximate surface area is 126 Å². The monoisotopic (exact) mass is 314 g/mol. The largest absolute Gasteiger partial charge is 0.481 e. The zero-order valence-corrected chi connectivity index (χ0v) is 12.0. The number of rotatable bonds is 3. The summed E-state index contributed by atoms with van der Waals surface area (Å²) in [5.74, 6) is -1.90. The van der Waals surface area contributed by atoms with Gasteiger partial charge in [-0.2, -0.15) is 0 Å². The fourth-order valence-corrected chi connectivity index (χ4v) is 2.64. The van der Waals surface area contributed by atoms with Gasteiger partial charge in [0.25, 0.3) is 0 Å². The number of amides is 2. The molecule has 2 rings (SSSR count). The smallest absolute Gasteiger partial charge is 0.319 e. The van der Waals surface area contributed by atoms with Crippen molar-refractivity contribution in [3.63, 3.8) is 0 Å². The number of aliphatic carboxylic acids is 1. The Morgan fingerprint density at radius 1 is 1.33 bits per heavy atom. The van der Waals surface area contributed by atoms with Crippen LogP contribution in [0.1, 0.15) is 25.7 Å². The zero-order chi connectivity index (χ0) is 15.4. The van der Waals surface area contributed by atoms with Gasteiger partial charge in [0.1, 0.15) is 5.82 Å². The summed E-state index contributed by atoms with van der Waals surface area (Å²) in [6, 6.07) is 3.19. The molecule has 1 saturated carbocycles. The maximum absolute atomic E-state index is 13.6. The molecule has 114 valence electrons. The summed E-state index contributed by atoms with van der Waals surface area (Å²) < 4.78 is 13.6. The van der Waals surface area contributed by atoms with Crippen LogP contribution < -0.4 is 10.6 Å². The third kappa shape index (κ3) is 4.32. The third-order valence-corrected chi connectivity index (χ3v) is 3.77. The Kier molecular flexibility index (Phi) is 5.01. The van der Waals surface area contributed by atoms with Gasteiger partial charge < -0.3 is 15.7 Å². The van der Waals surface area contributed by atoms with Gasteiger partial charge in [-0.25, -0.2) is 9.18 Å². The van der Waals surface area contributed by atoms with Crippen molar-refractivity contribution in [2.75, 3.05) is 5.32 Å². The van der Waals surface area contributed by atoms with Crippen LogP contribution in [0.3, 0.4) is 0 Å². The van der Waals surface area contributed by atoms with Gasteiger partial charge in [-0.3, -0.25) is 4.79 Å². The number of nitrogens with one attached hydrogen (secondary N) is 2. The number of carboxylic acid groups (broad SMARTS) is 1. The highest BCUT2D eigenvalue weighted by atomic mass is 35.5. The molecule has 0 aliphatic heterocycles. The lowest BCUT2D eigenvalue weighted by molar-refractivity contribution is -0.143. The van der Waals surface area contributed by atoms with Crippen molar-refractivity contribution in [1.82, 2.24) is 5.32 Å². The molecule has 0 spiro atoms. The lowest BCUT2D eigenvalue weighted by atomic mass is 9.86. The van der Waals surface area contributed by atoms with Gasteiger partial charge in [0.15, 0.2) is 0 Å². The number of halogens is 2. The number of hydrogen-bond acceptors (Lipinski definition) is 2. The van der Waals surface area contributed by atoms with Crippen LogP contribution in [0.4, 0.5) is 14.9 Å². The first-order valence-corrected chi connectivity index (χ1v) is 7.09. The van der Waals surface area contributed by atoms with Crippen molar-refractivity contribution < 1.29 is 19.1 Å². The third-order valence-electron chi connectivity index (χ3n) is 3.54. The van der Waals surface area contributed by atoms with Gasteiger partial charge in [-0.15, -0.1) is 0 Å². The van der Waals surface area contributed by atoms with E-state index in [1.165, 1.54) is 12.1 Å². The second kappa shape index (κ2) is 6.76. The van der Waals surface area contributed by atoms with Crippen LogP contribution in [-0.2, 0) is 4.79 Å². The van der Waals surface area contributed by atoms with Crippen LogP contribution in [0, 0.1) is 11.7 Å². The van der Waals surface area contributed by atoms with E-state index in [1.54, 1.807) is 0 Å². The molecule has 1 aliphatic rings. The van der Waals surface area contributed by atoms with Crippen LogP contribution in [-0.4, -0.2) is 23.1 Å². The molecular formula is C14H16ClFN2O3. The molecule has 1 aliphatic carbocycles. The summed E-state index contributed by atoms with van der Waals surface area (Å²) in [5, 5.41) is 14.3. The van der Waals surface area contributed by atoms with E-state index < -0.39 is 23.7 Å². The molecule has 1 aromatic rings. The van der Waals surface area contributed by atoms with E-state index in [4.69, 9.17) is 16.7 Å². The average molecular weight is 315 g/mol. The van der Waals surface area contributed by atoms with Crippen LogP contribution in [0.5, 0.6) is 0 Å². The highest BCUT2D eigenvalue weighted by Crippen LogP contribution is 2.25. The molecule has 2 unspecified atom stereocenters. The molecule has 5 nitrogen and oxygen atoms in total. The van der Waals surface area contributed by atoms with Crippen molar-refractivity contribution >= 4 is 29.3 Å². The molecule has 21 heavy (non-hydrogen) atoms. The molecule has 2 amide bonds. The predicted octanol–water partition coefficient (Wildman–Crippen LogP) is 3.24. The first-order valence-electron chi connectivity index (χ1n) is 6.71. The Bertz CT molecular complexity index is 553. The maximum atomic E-state index is 13.6. The molecule has 2 atom stereocenters. The van der Waals surface area contributed by atoms with Gasteiger partial charge in [0, 0.05) is 11.1 Å². The molecule has 0 radical (unpaired) electrons. The number of carbonyl (C=O) groups excluding carboxylic acids is 1. The molecule has 7 heteroatoms. The molecule has 0 saturated heterocycles. The van der Waals surface area contributed by atoms with Gasteiger partial charge in [0.05, 0.1) is 11.6 Å². The number of hydrogen-bond donors (Lipinski definition) is 3. The van der Waals surface area contributed by atoms with Crippen molar-refractivity contribution in [3.05, 3.63) is 29.0 Å². The predicted molar refractivity (Wildman–Crippen MR) is 76.9 cm³/mol. The van der Waals surface area contributed by atoms with Crippen LogP contribution in [0.25, 0.3) is 0 Å². The Balaban J connectivity index is 1.91. The van der Waals surface area contributed by atoms with Crippen molar-refractivity contribution in [2.24, 2.45) is 5.92 Å². The SMILES string of the molecule is O=C(Nc1ccc(Cl)cc1F)NC1CCCC(C(=O)O)C1. The van der Waals surface area contributed by atoms with Gasteiger partial charge >= 0.3 is 12.0 Å². The molecule has 3 N–H and O–H groups in total. The fourth-order valence-electron chi connectivity index (χ4n) is 2.48. The van der Waals surface area contributed by atoms with Gasteiger partial charge in [-0.05, 0) is 37.5 Å². The quantitative estimate of drug-likeness (QED) is 0.801. The standard InChI is InChI=1S/C14H16ClFN2O3/c15-9-4-5-12(11(16)7-9)18-14(21)17-10-3-1-2-8(6-10)13(19)20/h4-5,7-8,10H,1-3,6H2,(H,19,20)(H2,17,18,21). The average Bonchev–Trinajstić information content (AvgIpc) is 2.42. The molecular weight excluding hydrogens is 299 g/mol. The molecule has 0 heterocycles. The Morgan fingerprint density at radius 3 is 2.76 bits per heavy atom. The van der Waals surface area contributed by atoms with Crippen molar-refractivity contribution in [1.29, 1.82) is 0 Å². The number of carbonyl (C=O) groups is 2. The maximum Gasteiger partial charge on any atom is 0.319 e. The number of benzene rings is 1. The summed E-state index contributed by atoms with van der Waals surface area (Å²) in [6.07, 6.45) is 2.49. The van der Waals surface area contributed by atoms with Gasteiger partial charge in [0.2, 0.25) is 0 Å². The number of urea groups is 1.